The molecule has 0 bridgehead atoms. The smallest absolute Gasteiger partial charge is 0.177 e. The van der Waals surface area contributed by atoms with Gasteiger partial charge in [-0.25, -0.2) is 8.42 Å². The van der Waals surface area contributed by atoms with E-state index in [2.05, 4.69) is 0 Å². The molecule has 0 aromatic heterocycles. The van der Waals surface area contributed by atoms with Gasteiger partial charge in [-0.05, 0) is 22.3 Å². The quantitative estimate of drug-likeness (QED) is 0.330. The zero-order valence-corrected chi connectivity index (χ0v) is 18.7. The summed E-state index contributed by atoms with van der Waals surface area (Å²) in [7, 11) is -3.90. The van der Waals surface area contributed by atoms with Crippen LogP contribution >= 0.6 is 0 Å². The largest absolute Gasteiger partial charge is 0.293 e. The zero-order chi connectivity index (χ0) is 23.3. The van der Waals surface area contributed by atoms with Gasteiger partial charge in [0.05, 0.1) is 0 Å². The fraction of sp³-hybridized carbons (Fsp3) is 0.0714. The topological polar surface area (TPSA) is 68.3 Å². The molecular formula is C28H22O4S. The fourth-order valence-corrected chi connectivity index (χ4v) is 4.81. The van der Waals surface area contributed by atoms with Crippen molar-refractivity contribution in [1.29, 1.82) is 0 Å². The van der Waals surface area contributed by atoms with Gasteiger partial charge in [0.25, 0.3) is 0 Å². The maximum absolute atomic E-state index is 12.5. The lowest BCUT2D eigenvalue weighted by Gasteiger charge is -2.07. The van der Waals surface area contributed by atoms with E-state index < -0.39 is 32.9 Å². The average molecular weight is 455 g/mol. The number of carbonyl (C=O) groups excluding carboxylic acids is 2. The Morgan fingerprint density at radius 3 is 1.09 bits per heavy atom. The molecule has 0 atom stereocenters. The van der Waals surface area contributed by atoms with Crippen LogP contribution in [0.15, 0.2) is 109 Å². The first-order valence-electron chi connectivity index (χ1n) is 10.5. The van der Waals surface area contributed by atoms with Crippen LogP contribution in [-0.4, -0.2) is 31.5 Å². The molecule has 0 aliphatic carbocycles. The van der Waals surface area contributed by atoms with Crippen LogP contribution in [0.25, 0.3) is 22.3 Å². The van der Waals surface area contributed by atoms with Crippen molar-refractivity contribution in [2.24, 2.45) is 0 Å². The summed E-state index contributed by atoms with van der Waals surface area (Å²) in [6.07, 6.45) is 0. The zero-order valence-electron chi connectivity index (χ0n) is 17.8. The van der Waals surface area contributed by atoms with E-state index in [1.165, 1.54) is 0 Å². The first-order valence-corrected chi connectivity index (χ1v) is 12.3. The minimum atomic E-state index is -3.90. The van der Waals surface area contributed by atoms with Gasteiger partial charge in [0.15, 0.2) is 21.4 Å². The van der Waals surface area contributed by atoms with Crippen LogP contribution in [0, 0.1) is 0 Å². The summed E-state index contributed by atoms with van der Waals surface area (Å²) < 4.78 is 25.1. The lowest BCUT2D eigenvalue weighted by Crippen LogP contribution is -2.24. The molecule has 4 aromatic rings. The standard InChI is InChI=1S/C28H22O4S/c29-27(25-15-11-23(12-16-25)21-7-3-1-4-8-21)19-33(31,32)20-28(30)26-17-13-24(14-18-26)22-9-5-2-6-10-22/h1-18H,19-20H2. The second kappa shape index (κ2) is 9.76. The Morgan fingerprint density at radius 2 is 0.758 bits per heavy atom. The Kier molecular flexibility index (Phi) is 6.61. The molecule has 0 unspecified atom stereocenters. The molecule has 0 N–H and O–H groups in total. The lowest BCUT2D eigenvalue weighted by molar-refractivity contribution is 0.102. The summed E-state index contributed by atoms with van der Waals surface area (Å²) in [5, 5.41) is 0. The molecule has 5 heteroatoms. The number of ketones is 2. The summed E-state index contributed by atoms with van der Waals surface area (Å²) in [4.78, 5) is 25.1. The first kappa shape index (κ1) is 22.4. The molecule has 0 fully saturated rings. The van der Waals surface area contributed by atoms with Crippen LogP contribution in [-0.2, 0) is 9.84 Å². The van der Waals surface area contributed by atoms with Crippen LogP contribution in [0.5, 0.6) is 0 Å². The van der Waals surface area contributed by atoms with Crippen molar-refractivity contribution in [2.75, 3.05) is 11.5 Å². The highest BCUT2D eigenvalue weighted by atomic mass is 32.2. The third kappa shape index (κ3) is 5.70. The van der Waals surface area contributed by atoms with Crippen LogP contribution < -0.4 is 0 Å². The molecule has 0 heterocycles. The summed E-state index contributed by atoms with van der Waals surface area (Å²) in [5.74, 6) is -2.46. The van der Waals surface area contributed by atoms with Crippen molar-refractivity contribution < 1.29 is 18.0 Å². The summed E-state index contributed by atoms with van der Waals surface area (Å²) >= 11 is 0. The van der Waals surface area contributed by atoms with E-state index in [9.17, 15) is 18.0 Å². The third-order valence-corrected chi connectivity index (χ3v) is 6.73. The number of carbonyl (C=O) groups is 2. The van der Waals surface area contributed by atoms with Gasteiger partial charge >= 0.3 is 0 Å². The minimum absolute atomic E-state index is 0.304. The fourth-order valence-electron chi connectivity index (χ4n) is 3.58. The number of benzene rings is 4. The summed E-state index contributed by atoms with van der Waals surface area (Å²) in [6.45, 7) is 0. The van der Waals surface area contributed by atoms with E-state index in [-0.39, 0.29) is 0 Å². The predicted molar refractivity (Wildman–Crippen MR) is 131 cm³/mol. The third-order valence-electron chi connectivity index (χ3n) is 5.33. The molecule has 0 saturated carbocycles. The number of sulfone groups is 1. The van der Waals surface area contributed by atoms with Gasteiger partial charge in [-0.3, -0.25) is 9.59 Å². The Bertz CT molecular complexity index is 1250. The van der Waals surface area contributed by atoms with Gasteiger partial charge < -0.3 is 0 Å². The van der Waals surface area contributed by atoms with Crippen molar-refractivity contribution in [1.82, 2.24) is 0 Å². The minimum Gasteiger partial charge on any atom is -0.293 e. The molecule has 0 saturated heterocycles. The van der Waals surface area contributed by atoms with Crippen LogP contribution in [0.3, 0.4) is 0 Å². The monoisotopic (exact) mass is 454 g/mol. The summed E-state index contributed by atoms with van der Waals surface area (Å²) in [5.41, 5.74) is 4.49. The van der Waals surface area contributed by atoms with E-state index in [0.717, 1.165) is 22.3 Å². The predicted octanol–water partition coefficient (Wildman–Crippen LogP) is 5.50. The van der Waals surface area contributed by atoms with Crippen LogP contribution in [0.2, 0.25) is 0 Å². The second-order valence-electron chi connectivity index (χ2n) is 7.77. The SMILES string of the molecule is O=C(CS(=O)(=O)CC(=O)c1ccc(-c2ccccc2)cc1)c1ccc(-c2ccccc2)cc1. The van der Waals surface area contributed by atoms with Crippen molar-refractivity contribution >= 4 is 21.4 Å². The molecule has 4 nitrogen and oxygen atoms in total. The maximum atomic E-state index is 12.5. The molecule has 0 amide bonds. The first-order chi connectivity index (χ1) is 15.9. The van der Waals surface area contributed by atoms with E-state index in [4.69, 9.17) is 0 Å². The number of rotatable bonds is 8. The van der Waals surface area contributed by atoms with Gasteiger partial charge in [-0.2, -0.15) is 0 Å². The van der Waals surface area contributed by atoms with E-state index in [1.54, 1.807) is 48.5 Å². The van der Waals surface area contributed by atoms with Crippen molar-refractivity contribution in [2.45, 2.75) is 0 Å². The average Bonchev–Trinajstić information content (AvgIpc) is 2.85. The van der Waals surface area contributed by atoms with Crippen molar-refractivity contribution in [3.05, 3.63) is 120 Å². The van der Waals surface area contributed by atoms with Gasteiger partial charge in [-0.15, -0.1) is 0 Å². The molecule has 0 aliphatic heterocycles. The van der Waals surface area contributed by atoms with Gasteiger partial charge in [0.1, 0.15) is 11.5 Å². The molecule has 4 aromatic carbocycles. The number of hydrogen-bond acceptors (Lipinski definition) is 4. The molecule has 0 radical (unpaired) electrons. The summed E-state index contributed by atoms with van der Waals surface area (Å²) in [6, 6.07) is 33.0. The highest BCUT2D eigenvalue weighted by Gasteiger charge is 2.22. The molecular weight excluding hydrogens is 432 g/mol. The van der Waals surface area contributed by atoms with Gasteiger partial charge in [0.2, 0.25) is 0 Å². The molecule has 0 spiro atoms. The molecule has 4 rings (SSSR count). The van der Waals surface area contributed by atoms with Crippen LogP contribution in [0.1, 0.15) is 20.7 Å². The van der Waals surface area contributed by atoms with E-state index in [0.29, 0.717) is 11.1 Å². The highest BCUT2D eigenvalue weighted by Crippen LogP contribution is 2.21. The van der Waals surface area contributed by atoms with Crippen molar-refractivity contribution in [3.63, 3.8) is 0 Å². The van der Waals surface area contributed by atoms with Crippen molar-refractivity contribution in [3.8, 4) is 22.3 Å². The second-order valence-corrected chi connectivity index (χ2v) is 9.83. The van der Waals surface area contributed by atoms with E-state index in [1.807, 2.05) is 60.7 Å². The number of Topliss-reactive ketones (excluding diaryl/α,β-unsaturated/α-hetero) is 2. The Morgan fingerprint density at radius 1 is 0.455 bits per heavy atom. The molecule has 0 aliphatic rings. The molecule has 164 valence electrons. The lowest BCUT2D eigenvalue weighted by atomic mass is 10.0. The Balaban J connectivity index is 1.40. The Labute approximate surface area is 193 Å². The van der Waals surface area contributed by atoms with E-state index >= 15 is 0 Å². The highest BCUT2D eigenvalue weighted by molar-refractivity contribution is 7.92. The maximum Gasteiger partial charge on any atom is 0.177 e. The van der Waals surface area contributed by atoms with Gasteiger partial charge in [-0.1, -0.05) is 109 Å². The number of hydrogen-bond donors (Lipinski definition) is 0. The normalized spacial score (nSPS) is 11.2. The molecule has 33 heavy (non-hydrogen) atoms. The Hall–Kier alpha value is -3.83. The van der Waals surface area contributed by atoms with Crippen LogP contribution in [0.4, 0.5) is 0 Å². The van der Waals surface area contributed by atoms with Gasteiger partial charge in [0, 0.05) is 11.1 Å².